The molecule has 5 nitrogen and oxygen atoms in total. The number of hydrogen-bond donors (Lipinski definition) is 2. The summed E-state index contributed by atoms with van der Waals surface area (Å²) >= 11 is 0. The molecule has 1 aromatic rings. The average Bonchev–Trinajstić information content (AvgIpc) is 2.68. The van der Waals surface area contributed by atoms with E-state index in [4.69, 9.17) is 4.74 Å². The predicted molar refractivity (Wildman–Crippen MR) is 106 cm³/mol. The smallest absolute Gasteiger partial charge is 0.337 e. The molecule has 0 saturated heterocycles. The van der Waals surface area contributed by atoms with Crippen LogP contribution in [-0.4, -0.2) is 23.0 Å². The van der Waals surface area contributed by atoms with Gasteiger partial charge in [-0.3, -0.25) is 4.79 Å². The van der Waals surface area contributed by atoms with Gasteiger partial charge in [-0.15, -0.1) is 0 Å². The number of ketones is 1. The second-order valence-corrected chi connectivity index (χ2v) is 8.03. The van der Waals surface area contributed by atoms with Gasteiger partial charge in [-0.1, -0.05) is 18.6 Å². The summed E-state index contributed by atoms with van der Waals surface area (Å²) in [5.41, 5.74) is 3.53. The highest BCUT2D eigenvalue weighted by Gasteiger charge is 2.39. The topological polar surface area (TPSA) is 75.6 Å². The fourth-order valence-corrected chi connectivity index (χ4v) is 4.69. The van der Waals surface area contributed by atoms with E-state index in [0.717, 1.165) is 55.5 Å². The lowest BCUT2D eigenvalue weighted by Crippen LogP contribution is -2.35. The molecule has 28 heavy (non-hydrogen) atoms. The van der Waals surface area contributed by atoms with Crippen LogP contribution in [0.15, 0.2) is 46.8 Å². The van der Waals surface area contributed by atoms with Gasteiger partial charge in [0, 0.05) is 29.3 Å². The molecule has 2 N–H and O–H groups in total. The van der Waals surface area contributed by atoms with Gasteiger partial charge in [0.15, 0.2) is 5.78 Å². The van der Waals surface area contributed by atoms with E-state index in [9.17, 15) is 14.7 Å². The van der Waals surface area contributed by atoms with Crippen LogP contribution in [0.4, 0.5) is 0 Å². The third kappa shape index (κ3) is 3.58. The fourth-order valence-electron chi connectivity index (χ4n) is 4.69. The lowest BCUT2D eigenvalue weighted by atomic mass is 9.75. The third-order valence-corrected chi connectivity index (χ3v) is 6.03. The maximum absolute atomic E-state index is 13.2. The quantitative estimate of drug-likeness (QED) is 0.766. The molecule has 148 valence electrons. The number of dihydropyridines is 1. The van der Waals surface area contributed by atoms with E-state index in [1.54, 1.807) is 18.2 Å². The summed E-state index contributed by atoms with van der Waals surface area (Å²) < 4.78 is 5.86. The van der Waals surface area contributed by atoms with Crippen LogP contribution >= 0.6 is 0 Å². The number of carbonyl (C=O) groups is 2. The van der Waals surface area contributed by atoms with Crippen LogP contribution in [0.2, 0.25) is 0 Å². The van der Waals surface area contributed by atoms with Gasteiger partial charge < -0.3 is 15.2 Å². The largest absolute Gasteiger partial charge is 0.508 e. The number of hydrogen-bond acceptors (Lipinski definition) is 5. The number of ether oxygens (including phenoxy) is 1. The highest BCUT2D eigenvalue weighted by Crippen LogP contribution is 2.43. The Kier molecular flexibility index (Phi) is 5.25. The van der Waals surface area contributed by atoms with Gasteiger partial charge in [0.05, 0.1) is 5.57 Å². The summed E-state index contributed by atoms with van der Waals surface area (Å²) in [4.78, 5) is 26.0. The minimum atomic E-state index is -0.493. The van der Waals surface area contributed by atoms with Crippen molar-refractivity contribution in [2.45, 2.75) is 70.3 Å². The minimum absolute atomic E-state index is 0.0520. The SMILES string of the molecule is CC1=C(C(=O)OC2CCCCC2)[C@H](c2cccc(O)c2)C2=C(CCCC2=O)N1. The van der Waals surface area contributed by atoms with Crippen molar-refractivity contribution in [1.29, 1.82) is 0 Å². The standard InChI is InChI=1S/C23H27NO4/c1-14-20(23(27)28-17-9-3-2-4-10-17)21(15-7-5-8-16(25)13-15)22-18(24-14)11-6-12-19(22)26/h5,7-8,13,17,21,24-25H,2-4,6,9-12H2,1H3/t21-/m0/s1. The van der Waals surface area contributed by atoms with Gasteiger partial charge in [0.1, 0.15) is 11.9 Å². The lowest BCUT2D eigenvalue weighted by Gasteiger charge is -2.35. The highest BCUT2D eigenvalue weighted by atomic mass is 16.5. The van der Waals surface area contributed by atoms with Crippen LogP contribution < -0.4 is 5.32 Å². The van der Waals surface area contributed by atoms with Gasteiger partial charge in [-0.05, 0) is 63.1 Å². The van der Waals surface area contributed by atoms with Crippen molar-refractivity contribution < 1.29 is 19.4 Å². The number of benzene rings is 1. The summed E-state index contributed by atoms with van der Waals surface area (Å²) in [6.07, 6.45) is 7.18. The Morgan fingerprint density at radius 1 is 1.14 bits per heavy atom. The second-order valence-electron chi connectivity index (χ2n) is 8.03. The Labute approximate surface area is 165 Å². The molecule has 0 amide bonds. The molecule has 1 aromatic carbocycles. The van der Waals surface area contributed by atoms with Gasteiger partial charge in [0.2, 0.25) is 0 Å². The molecule has 5 heteroatoms. The number of rotatable bonds is 3. The molecular weight excluding hydrogens is 354 g/mol. The molecule has 1 fully saturated rings. The zero-order chi connectivity index (χ0) is 19.7. The zero-order valence-corrected chi connectivity index (χ0v) is 16.3. The normalized spacial score (nSPS) is 23.3. The van der Waals surface area contributed by atoms with Crippen molar-refractivity contribution in [1.82, 2.24) is 5.32 Å². The summed E-state index contributed by atoms with van der Waals surface area (Å²) in [5.74, 6) is -0.654. The maximum atomic E-state index is 13.2. The first-order valence-electron chi connectivity index (χ1n) is 10.3. The first-order valence-corrected chi connectivity index (χ1v) is 10.3. The molecular formula is C23H27NO4. The minimum Gasteiger partial charge on any atom is -0.508 e. The predicted octanol–water partition coefficient (Wildman–Crippen LogP) is 4.24. The summed E-state index contributed by atoms with van der Waals surface area (Å²) in [6, 6.07) is 6.85. The summed E-state index contributed by atoms with van der Waals surface area (Å²) in [6.45, 7) is 1.87. The first-order chi connectivity index (χ1) is 13.5. The van der Waals surface area contributed by atoms with Gasteiger partial charge in [0.25, 0.3) is 0 Å². The third-order valence-electron chi connectivity index (χ3n) is 6.03. The molecule has 0 bridgehead atoms. The molecule has 1 atom stereocenters. The monoisotopic (exact) mass is 381 g/mol. The van der Waals surface area contributed by atoms with Crippen molar-refractivity contribution in [3.8, 4) is 5.75 Å². The van der Waals surface area contributed by atoms with Crippen molar-refractivity contribution in [3.63, 3.8) is 0 Å². The number of phenolic OH excluding ortho intramolecular Hbond substituents is 1. The Balaban J connectivity index is 1.74. The lowest BCUT2D eigenvalue weighted by molar-refractivity contribution is -0.146. The molecule has 2 aliphatic carbocycles. The van der Waals surface area contributed by atoms with E-state index in [0.29, 0.717) is 17.6 Å². The Morgan fingerprint density at radius 3 is 2.68 bits per heavy atom. The fraction of sp³-hybridized carbons (Fsp3) is 0.478. The van der Waals surface area contributed by atoms with Crippen LogP contribution in [0.5, 0.6) is 5.75 Å². The average molecular weight is 381 g/mol. The van der Waals surface area contributed by atoms with Gasteiger partial charge in [-0.2, -0.15) is 0 Å². The van der Waals surface area contributed by atoms with Crippen LogP contribution in [0.25, 0.3) is 0 Å². The molecule has 3 aliphatic rings. The Bertz CT molecular complexity index is 861. The molecule has 1 aliphatic heterocycles. The number of aromatic hydroxyl groups is 1. The van der Waals surface area contributed by atoms with Crippen LogP contribution in [-0.2, 0) is 14.3 Å². The van der Waals surface area contributed by atoms with E-state index >= 15 is 0 Å². The van der Waals surface area contributed by atoms with E-state index in [1.165, 1.54) is 6.42 Å². The molecule has 0 spiro atoms. The molecule has 4 rings (SSSR count). The summed E-state index contributed by atoms with van der Waals surface area (Å²) in [7, 11) is 0. The Morgan fingerprint density at radius 2 is 1.93 bits per heavy atom. The first kappa shape index (κ1) is 18.8. The maximum Gasteiger partial charge on any atom is 0.337 e. The number of phenols is 1. The number of allylic oxidation sites excluding steroid dienone is 3. The number of Topliss-reactive ketones (excluding diaryl/α,β-unsaturated/α-hetero) is 1. The van der Waals surface area contributed by atoms with E-state index < -0.39 is 5.92 Å². The van der Waals surface area contributed by atoms with Crippen LogP contribution in [0, 0.1) is 0 Å². The molecule has 0 unspecified atom stereocenters. The van der Waals surface area contributed by atoms with Crippen LogP contribution in [0.3, 0.4) is 0 Å². The number of esters is 1. The molecule has 0 radical (unpaired) electrons. The zero-order valence-electron chi connectivity index (χ0n) is 16.3. The van der Waals surface area contributed by atoms with Gasteiger partial charge in [-0.25, -0.2) is 4.79 Å². The second kappa shape index (κ2) is 7.82. The van der Waals surface area contributed by atoms with E-state index in [2.05, 4.69) is 5.32 Å². The molecule has 1 heterocycles. The van der Waals surface area contributed by atoms with Crippen molar-refractivity contribution >= 4 is 11.8 Å². The van der Waals surface area contributed by atoms with Crippen molar-refractivity contribution in [2.75, 3.05) is 0 Å². The summed E-state index contributed by atoms with van der Waals surface area (Å²) in [5, 5.41) is 13.3. The van der Waals surface area contributed by atoms with Crippen LogP contribution in [0.1, 0.15) is 69.8 Å². The van der Waals surface area contributed by atoms with Crippen molar-refractivity contribution in [3.05, 3.63) is 52.4 Å². The van der Waals surface area contributed by atoms with Gasteiger partial charge >= 0.3 is 5.97 Å². The van der Waals surface area contributed by atoms with E-state index in [1.807, 2.05) is 13.0 Å². The number of carbonyl (C=O) groups excluding carboxylic acids is 2. The number of nitrogens with one attached hydrogen (secondary N) is 1. The molecule has 1 saturated carbocycles. The highest BCUT2D eigenvalue weighted by molar-refractivity contribution is 6.03. The Hall–Kier alpha value is -2.56. The molecule has 0 aromatic heterocycles. The van der Waals surface area contributed by atoms with Crippen molar-refractivity contribution in [2.24, 2.45) is 0 Å². The van der Waals surface area contributed by atoms with E-state index in [-0.39, 0.29) is 23.6 Å².